The minimum absolute atomic E-state index is 0.328. The molecule has 0 radical (unpaired) electrons. The van der Waals surface area contributed by atoms with E-state index in [4.69, 9.17) is 15.2 Å². The van der Waals surface area contributed by atoms with Crippen molar-refractivity contribution in [1.29, 1.82) is 0 Å². The Kier molecular flexibility index (Phi) is 4.84. The molecule has 2 aromatic carbocycles. The molecule has 1 heterocycles. The number of hydrogen-bond donors (Lipinski definition) is 1. The van der Waals surface area contributed by atoms with Gasteiger partial charge in [-0.1, -0.05) is 18.2 Å². The van der Waals surface area contributed by atoms with Crippen molar-refractivity contribution in [3.63, 3.8) is 0 Å². The number of fused-ring (bicyclic) bond motifs is 1. The molecule has 0 aliphatic rings. The topological polar surface area (TPSA) is 91.5 Å². The number of benzene rings is 2. The van der Waals surface area contributed by atoms with E-state index in [-0.39, 0.29) is 0 Å². The molecule has 0 saturated carbocycles. The van der Waals surface area contributed by atoms with E-state index in [1.807, 2.05) is 42.5 Å². The average Bonchev–Trinajstić information content (AvgIpc) is 2.67. The van der Waals surface area contributed by atoms with Gasteiger partial charge in [0.2, 0.25) is 0 Å². The fourth-order valence-electron chi connectivity index (χ4n) is 2.54. The predicted molar refractivity (Wildman–Crippen MR) is 97.8 cm³/mol. The second-order valence-corrected chi connectivity index (χ2v) is 5.75. The van der Waals surface area contributed by atoms with Crippen LogP contribution in [0.3, 0.4) is 0 Å². The Morgan fingerprint density at radius 3 is 2.42 bits per heavy atom. The largest absolute Gasteiger partial charge is 0.497 e. The van der Waals surface area contributed by atoms with Crippen LogP contribution in [-0.2, 0) is 9.53 Å². The number of rotatable bonds is 5. The predicted octanol–water partition coefficient (Wildman–Crippen LogP) is 2.94. The molecule has 1 aromatic heterocycles. The standard InChI is InChI=1S/C20H18N2O4/c1-12(19(21)23)26-20(24)16-11-18(13-7-9-14(25-2)10-8-13)22-17-6-4-3-5-15(16)17/h3-12H,1-2H3,(H2,21,23)/t12-/m1/s1. The summed E-state index contributed by atoms with van der Waals surface area (Å²) >= 11 is 0. The maximum atomic E-state index is 12.6. The summed E-state index contributed by atoms with van der Waals surface area (Å²) < 4.78 is 10.3. The summed E-state index contributed by atoms with van der Waals surface area (Å²) in [6.07, 6.45) is -1.01. The Morgan fingerprint density at radius 2 is 1.77 bits per heavy atom. The summed E-state index contributed by atoms with van der Waals surface area (Å²) in [6.45, 7) is 1.44. The first-order valence-corrected chi connectivity index (χ1v) is 8.04. The zero-order valence-corrected chi connectivity index (χ0v) is 14.4. The van der Waals surface area contributed by atoms with Crippen LogP contribution in [0.1, 0.15) is 17.3 Å². The summed E-state index contributed by atoms with van der Waals surface area (Å²) in [6, 6.07) is 16.3. The molecule has 0 aliphatic carbocycles. The maximum Gasteiger partial charge on any atom is 0.339 e. The van der Waals surface area contributed by atoms with E-state index in [0.29, 0.717) is 22.2 Å². The van der Waals surface area contributed by atoms with E-state index in [9.17, 15) is 9.59 Å². The number of carbonyl (C=O) groups is 2. The van der Waals surface area contributed by atoms with Crippen LogP contribution in [0.2, 0.25) is 0 Å². The molecule has 1 amide bonds. The molecule has 0 bridgehead atoms. The van der Waals surface area contributed by atoms with Gasteiger partial charge in [0, 0.05) is 10.9 Å². The third-order valence-corrected chi connectivity index (χ3v) is 4.01. The van der Waals surface area contributed by atoms with Crippen LogP contribution < -0.4 is 10.5 Å². The van der Waals surface area contributed by atoms with Crippen LogP contribution in [0.4, 0.5) is 0 Å². The highest BCUT2D eigenvalue weighted by Gasteiger charge is 2.20. The molecule has 3 rings (SSSR count). The molecule has 26 heavy (non-hydrogen) atoms. The molecule has 132 valence electrons. The zero-order valence-electron chi connectivity index (χ0n) is 14.4. The summed E-state index contributed by atoms with van der Waals surface area (Å²) in [5.74, 6) is -0.596. The maximum absolute atomic E-state index is 12.6. The number of primary amides is 1. The summed E-state index contributed by atoms with van der Waals surface area (Å²) in [5, 5.41) is 0.645. The fourth-order valence-corrected chi connectivity index (χ4v) is 2.54. The van der Waals surface area contributed by atoms with Gasteiger partial charge >= 0.3 is 5.97 Å². The molecule has 1 atom stereocenters. The minimum Gasteiger partial charge on any atom is -0.497 e. The van der Waals surface area contributed by atoms with Crippen LogP contribution in [0.25, 0.3) is 22.2 Å². The van der Waals surface area contributed by atoms with Crippen molar-refractivity contribution >= 4 is 22.8 Å². The van der Waals surface area contributed by atoms with Gasteiger partial charge in [0.25, 0.3) is 5.91 Å². The molecule has 0 fully saturated rings. The Morgan fingerprint density at radius 1 is 1.08 bits per heavy atom. The summed E-state index contributed by atoms with van der Waals surface area (Å²) in [5.41, 5.74) is 7.61. The van der Waals surface area contributed by atoms with E-state index in [1.165, 1.54) is 6.92 Å². The Hall–Kier alpha value is -3.41. The molecule has 3 aromatic rings. The molecule has 0 saturated heterocycles. The van der Waals surface area contributed by atoms with Gasteiger partial charge in [0.1, 0.15) is 5.75 Å². The van der Waals surface area contributed by atoms with Crippen LogP contribution in [0.15, 0.2) is 54.6 Å². The second-order valence-electron chi connectivity index (χ2n) is 5.75. The van der Waals surface area contributed by atoms with E-state index < -0.39 is 18.0 Å². The van der Waals surface area contributed by atoms with Crippen LogP contribution in [0.5, 0.6) is 5.75 Å². The first-order valence-electron chi connectivity index (χ1n) is 8.04. The van der Waals surface area contributed by atoms with E-state index in [2.05, 4.69) is 4.98 Å². The van der Waals surface area contributed by atoms with Gasteiger partial charge in [-0.05, 0) is 43.3 Å². The number of nitrogens with zero attached hydrogens (tertiary/aromatic N) is 1. The van der Waals surface area contributed by atoms with Crippen LogP contribution in [0, 0.1) is 0 Å². The number of ether oxygens (including phenoxy) is 2. The molecular formula is C20H18N2O4. The number of aromatic nitrogens is 1. The number of pyridine rings is 1. The van der Waals surface area contributed by atoms with E-state index in [0.717, 1.165) is 11.3 Å². The Bertz CT molecular complexity index is 967. The number of carbonyl (C=O) groups excluding carboxylic acids is 2. The van der Waals surface area contributed by atoms with E-state index in [1.54, 1.807) is 19.2 Å². The molecular weight excluding hydrogens is 332 g/mol. The third kappa shape index (κ3) is 3.49. The molecule has 0 aliphatic heterocycles. The van der Waals surface area contributed by atoms with Crippen molar-refractivity contribution in [2.75, 3.05) is 7.11 Å². The smallest absolute Gasteiger partial charge is 0.339 e. The number of amides is 1. The first kappa shape index (κ1) is 17.4. The van der Waals surface area contributed by atoms with Gasteiger partial charge in [-0.2, -0.15) is 0 Å². The highest BCUT2D eigenvalue weighted by molar-refractivity contribution is 6.05. The Labute approximate surface area is 150 Å². The van der Waals surface area contributed by atoms with Crippen molar-refractivity contribution in [3.8, 4) is 17.0 Å². The van der Waals surface area contributed by atoms with Crippen molar-refractivity contribution in [3.05, 3.63) is 60.2 Å². The molecule has 6 heteroatoms. The minimum atomic E-state index is -1.01. The third-order valence-electron chi connectivity index (χ3n) is 4.01. The first-order chi connectivity index (χ1) is 12.5. The van der Waals surface area contributed by atoms with Crippen molar-refractivity contribution in [1.82, 2.24) is 4.98 Å². The lowest BCUT2D eigenvalue weighted by atomic mass is 10.0. The highest BCUT2D eigenvalue weighted by Crippen LogP contribution is 2.27. The van der Waals surface area contributed by atoms with Crippen molar-refractivity contribution < 1.29 is 19.1 Å². The average molecular weight is 350 g/mol. The quantitative estimate of drug-likeness (QED) is 0.714. The van der Waals surface area contributed by atoms with E-state index >= 15 is 0 Å². The van der Waals surface area contributed by atoms with Crippen LogP contribution >= 0.6 is 0 Å². The normalized spacial score (nSPS) is 11.8. The zero-order chi connectivity index (χ0) is 18.7. The fraction of sp³-hybridized carbons (Fsp3) is 0.150. The lowest BCUT2D eigenvalue weighted by Gasteiger charge is -2.13. The number of methoxy groups -OCH3 is 1. The Balaban J connectivity index is 2.08. The molecule has 2 N–H and O–H groups in total. The lowest BCUT2D eigenvalue weighted by Crippen LogP contribution is -2.30. The molecule has 6 nitrogen and oxygen atoms in total. The van der Waals surface area contributed by atoms with Gasteiger partial charge in [0.05, 0.1) is 23.9 Å². The SMILES string of the molecule is COc1ccc(-c2cc(C(=O)O[C@H](C)C(N)=O)c3ccccc3n2)cc1. The second kappa shape index (κ2) is 7.23. The number of nitrogens with two attached hydrogens (primary N) is 1. The molecule has 0 unspecified atom stereocenters. The van der Waals surface area contributed by atoms with Crippen molar-refractivity contribution in [2.45, 2.75) is 13.0 Å². The molecule has 0 spiro atoms. The highest BCUT2D eigenvalue weighted by atomic mass is 16.5. The summed E-state index contributed by atoms with van der Waals surface area (Å²) in [4.78, 5) is 28.4. The monoisotopic (exact) mass is 350 g/mol. The lowest BCUT2D eigenvalue weighted by molar-refractivity contribution is -0.125. The van der Waals surface area contributed by atoms with Crippen LogP contribution in [-0.4, -0.2) is 30.1 Å². The van der Waals surface area contributed by atoms with Crippen molar-refractivity contribution in [2.24, 2.45) is 5.73 Å². The van der Waals surface area contributed by atoms with Gasteiger partial charge in [0.15, 0.2) is 6.10 Å². The van der Waals surface area contributed by atoms with Gasteiger partial charge in [-0.25, -0.2) is 9.78 Å². The van der Waals surface area contributed by atoms with Gasteiger partial charge in [-0.15, -0.1) is 0 Å². The summed E-state index contributed by atoms with van der Waals surface area (Å²) in [7, 11) is 1.59. The number of hydrogen-bond acceptors (Lipinski definition) is 5. The van der Waals surface area contributed by atoms with Gasteiger partial charge in [-0.3, -0.25) is 4.79 Å². The number of esters is 1. The number of para-hydroxylation sites is 1. The van der Waals surface area contributed by atoms with Gasteiger partial charge < -0.3 is 15.2 Å².